The molecule has 0 fully saturated rings. The Hall–Kier alpha value is -3.20. The first kappa shape index (κ1) is 15.1. The quantitative estimate of drug-likeness (QED) is 0.391. The van der Waals surface area contributed by atoms with Crippen LogP contribution in [-0.4, -0.2) is 4.98 Å². The molecule has 3 heteroatoms. The molecule has 0 bridgehead atoms. The van der Waals surface area contributed by atoms with Crippen LogP contribution in [0.3, 0.4) is 0 Å². The minimum absolute atomic E-state index is 0.698. The third kappa shape index (κ3) is 2.21. The van der Waals surface area contributed by atoms with Crippen molar-refractivity contribution in [3.63, 3.8) is 0 Å². The monoisotopic (exact) mass is 339 g/mol. The van der Waals surface area contributed by atoms with Crippen molar-refractivity contribution in [2.45, 2.75) is 13.8 Å². The zero-order valence-corrected chi connectivity index (χ0v) is 15.1. The molecule has 5 rings (SSSR count). The standard InChI is InChI=1S/C23H19N2O/c1-14-8-9-25(3)21(10-14)17-13-18-19-12-16-6-4-5-7-20(16)24-23(19)26-22(18)11-15(17)2/h4-13H,1-3H3/q+1. The van der Waals surface area contributed by atoms with Crippen LogP contribution >= 0.6 is 0 Å². The fourth-order valence-corrected chi connectivity index (χ4v) is 3.67. The molecule has 0 spiro atoms. The predicted molar refractivity (Wildman–Crippen MR) is 105 cm³/mol. The molecule has 0 saturated heterocycles. The van der Waals surface area contributed by atoms with E-state index >= 15 is 0 Å². The topological polar surface area (TPSA) is 29.9 Å². The van der Waals surface area contributed by atoms with Crippen LogP contribution in [0.5, 0.6) is 0 Å². The minimum atomic E-state index is 0.698. The SMILES string of the molecule is Cc1cc[n+](C)c(-c2cc3c(cc2C)oc2nc4ccccc4cc23)c1. The highest BCUT2D eigenvalue weighted by Gasteiger charge is 2.17. The Balaban J connectivity index is 1.86. The first-order valence-corrected chi connectivity index (χ1v) is 8.79. The maximum atomic E-state index is 6.07. The molecular weight excluding hydrogens is 320 g/mol. The van der Waals surface area contributed by atoms with Gasteiger partial charge in [-0.15, -0.1) is 0 Å². The molecule has 0 amide bonds. The number of para-hydroxylation sites is 1. The van der Waals surface area contributed by atoms with E-state index in [0.29, 0.717) is 5.71 Å². The largest absolute Gasteiger partial charge is 0.438 e. The maximum Gasteiger partial charge on any atom is 0.227 e. The molecule has 0 aliphatic rings. The van der Waals surface area contributed by atoms with Crippen LogP contribution in [0, 0.1) is 13.8 Å². The maximum absolute atomic E-state index is 6.07. The lowest BCUT2D eigenvalue weighted by atomic mass is 10.00. The summed E-state index contributed by atoms with van der Waals surface area (Å²) in [6, 6.07) is 19.1. The molecule has 3 aromatic heterocycles. The first-order valence-electron chi connectivity index (χ1n) is 8.79. The van der Waals surface area contributed by atoms with Gasteiger partial charge in [0.1, 0.15) is 12.6 Å². The van der Waals surface area contributed by atoms with E-state index in [1.807, 2.05) is 18.2 Å². The van der Waals surface area contributed by atoms with E-state index in [1.165, 1.54) is 22.4 Å². The average Bonchev–Trinajstić information content (AvgIpc) is 2.97. The number of hydrogen-bond acceptors (Lipinski definition) is 2. The van der Waals surface area contributed by atoms with Crippen LogP contribution in [0.4, 0.5) is 0 Å². The fourth-order valence-electron chi connectivity index (χ4n) is 3.67. The molecule has 2 aromatic carbocycles. The van der Waals surface area contributed by atoms with Gasteiger partial charge in [0, 0.05) is 33.9 Å². The van der Waals surface area contributed by atoms with Gasteiger partial charge in [-0.3, -0.25) is 0 Å². The summed E-state index contributed by atoms with van der Waals surface area (Å²) in [5.74, 6) is 0. The molecule has 5 aromatic rings. The molecule has 26 heavy (non-hydrogen) atoms. The van der Waals surface area contributed by atoms with Gasteiger partial charge in [-0.2, -0.15) is 0 Å². The molecule has 3 nitrogen and oxygen atoms in total. The zero-order valence-electron chi connectivity index (χ0n) is 15.1. The highest BCUT2D eigenvalue weighted by molar-refractivity contribution is 6.08. The Morgan fingerprint density at radius 2 is 1.77 bits per heavy atom. The van der Waals surface area contributed by atoms with E-state index < -0.39 is 0 Å². The van der Waals surface area contributed by atoms with Gasteiger partial charge >= 0.3 is 0 Å². The molecule has 0 atom stereocenters. The number of fused-ring (bicyclic) bond motifs is 4. The second-order valence-electron chi connectivity index (χ2n) is 7.00. The van der Waals surface area contributed by atoms with Crippen molar-refractivity contribution in [3.8, 4) is 11.3 Å². The highest BCUT2D eigenvalue weighted by atomic mass is 16.3. The number of hydrogen-bond donors (Lipinski definition) is 0. The highest BCUT2D eigenvalue weighted by Crippen LogP contribution is 2.34. The van der Waals surface area contributed by atoms with Gasteiger partial charge in [-0.25, -0.2) is 9.55 Å². The Labute approximate surface area is 151 Å². The van der Waals surface area contributed by atoms with Crippen molar-refractivity contribution in [1.82, 2.24) is 4.98 Å². The lowest BCUT2D eigenvalue weighted by molar-refractivity contribution is -0.660. The van der Waals surface area contributed by atoms with Crippen molar-refractivity contribution in [2.24, 2.45) is 7.05 Å². The normalized spacial score (nSPS) is 11.7. The van der Waals surface area contributed by atoms with E-state index in [2.05, 4.69) is 68.1 Å². The van der Waals surface area contributed by atoms with Crippen molar-refractivity contribution in [1.29, 1.82) is 0 Å². The van der Waals surface area contributed by atoms with E-state index in [1.54, 1.807) is 0 Å². The van der Waals surface area contributed by atoms with Crippen molar-refractivity contribution < 1.29 is 8.98 Å². The molecular formula is C23H19N2O+. The molecule has 0 saturated carbocycles. The third-order valence-electron chi connectivity index (χ3n) is 5.09. The molecule has 0 radical (unpaired) electrons. The van der Waals surface area contributed by atoms with E-state index in [9.17, 15) is 0 Å². The number of rotatable bonds is 1. The minimum Gasteiger partial charge on any atom is -0.438 e. The van der Waals surface area contributed by atoms with Crippen LogP contribution in [0.25, 0.3) is 44.2 Å². The van der Waals surface area contributed by atoms with Gasteiger partial charge < -0.3 is 4.42 Å². The molecule has 0 N–H and O–H groups in total. The van der Waals surface area contributed by atoms with Crippen LogP contribution in [0.15, 0.2) is 65.2 Å². The van der Waals surface area contributed by atoms with E-state index in [4.69, 9.17) is 9.40 Å². The summed E-state index contributed by atoms with van der Waals surface area (Å²) in [6.45, 7) is 4.26. The summed E-state index contributed by atoms with van der Waals surface area (Å²) < 4.78 is 8.23. The number of pyridine rings is 2. The van der Waals surface area contributed by atoms with Crippen molar-refractivity contribution in [3.05, 3.63) is 71.9 Å². The zero-order chi connectivity index (χ0) is 17.8. The fraction of sp³-hybridized carbons (Fsp3) is 0.130. The van der Waals surface area contributed by atoms with Gasteiger partial charge in [0.05, 0.1) is 5.52 Å². The molecule has 126 valence electrons. The Morgan fingerprint density at radius 3 is 2.65 bits per heavy atom. The van der Waals surface area contributed by atoms with Crippen LogP contribution < -0.4 is 4.57 Å². The van der Waals surface area contributed by atoms with Crippen LogP contribution in [0.1, 0.15) is 11.1 Å². The molecule has 0 unspecified atom stereocenters. The van der Waals surface area contributed by atoms with Gasteiger partial charge in [0.15, 0.2) is 6.20 Å². The summed E-state index contributed by atoms with van der Waals surface area (Å²) in [4.78, 5) is 4.71. The van der Waals surface area contributed by atoms with Crippen molar-refractivity contribution in [2.75, 3.05) is 0 Å². The number of aryl methyl sites for hydroxylation is 3. The molecule has 0 aliphatic carbocycles. The molecule has 3 heterocycles. The summed E-state index contributed by atoms with van der Waals surface area (Å²) >= 11 is 0. The smallest absolute Gasteiger partial charge is 0.227 e. The van der Waals surface area contributed by atoms with Gasteiger partial charge in [0.25, 0.3) is 0 Å². The second-order valence-corrected chi connectivity index (χ2v) is 7.00. The summed E-state index contributed by atoms with van der Waals surface area (Å²) in [6.07, 6.45) is 2.11. The molecule has 0 aliphatic heterocycles. The van der Waals surface area contributed by atoms with Gasteiger partial charge in [-0.05, 0) is 49.2 Å². The Kier molecular flexibility index (Phi) is 3.13. The van der Waals surface area contributed by atoms with Crippen molar-refractivity contribution >= 4 is 33.0 Å². The predicted octanol–water partition coefficient (Wildman–Crippen LogP) is 5.24. The number of aromatic nitrogens is 2. The summed E-state index contributed by atoms with van der Waals surface area (Å²) in [5, 5.41) is 3.31. The third-order valence-corrected chi connectivity index (χ3v) is 5.09. The first-order chi connectivity index (χ1) is 12.6. The lowest BCUT2D eigenvalue weighted by Gasteiger charge is -2.05. The van der Waals surface area contributed by atoms with E-state index in [-0.39, 0.29) is 0 Å². The summed E-state index contributed by atoms with van der Waals surface area (Å²) in [5.41, 5.74) is 7.42. The number of furan rings is 1. The van der Waals surface area contributed by atoms with Crippen LogP contribution in [-0.2, 0) is 7.05 Å². The Bertz CT molecular complexity index is 1310. The van der Waals surface area contributed by atoms with E-state index in [0.717, 1.165) is 27.3 Å². The van der Waals surface area contributed by atoms with Crippen LogP contribution in [0.2, 0.25) is 0 Å². The number of nitrogens with zero attached hydrogens (tertiary/aromatic N) is 2. The van der Waals surface area contributed by atoms with Gasteiger partial charge in [-0.1, -0.05) is 18.2 Å². The number of benzene rings is 2. The summed E-state index contributed by atoms with van der Waals surface area (Å²) in [7, 11) is 2.08. The van der Waals surface area contributed by atoms with Gasteiger partial charge in [0.2, 0.25) is 11.4 Å². The Morgan fingerprint density at radius 1 is 0.923 bits per heavy atom. The second kappa shape index (κ2) is 5.40. The average molecular weight is 339 g/mol. The lowest BCUT2D eigenvalue weighted by Crippen LogP contribution is -2.30.